The van der Waals surface area contributed by atoms with Crippen molar-refractivity contribution in [1.29, 1.82) is 0 Å². The molecule has 2 aromatic rings. The Bertz CT molecular complexity index is 680. The minimum atomic E-state index is -3.79. The van der Waals surface area contributed by atoms with Crippen LogP contribution in [0.2, 0.25) is 0 Å². The summed E-state index contributed by atoms with van der Waals surface area (Å²) in [5.41, 5.74) is 0.505. The molecular weight excluding hydrogens is 290 g/mol. The fourth-order valence-corrected chi connectivity index (χ4v) is 3.30. The van der Waals surface area contributed by atoms with Gasteiger partial charge in [-0.3, -0.25) is 4.31 Å². The van der Waals surface area contributed by atoms with Crippen molar-refractivity contribution in [2.45, 2.75) is 24.9 Å². The Morgan fingerprint density at radius 3 is 2.48 bits per heavy atom. The third-order valence-corrected chi connectivity index (χ3v) is 4.79. The van der Waals surface area contributed by atoms with Crippen LogP contribution in [0.4, 0.5) is 5.69 Å². The molecule has 0 amide bonds. The van der Waals surface area contributed by atoms with Gasteiger partial charge in [0.2, 0.25) is 0 Å². The average Bonchev–Trinajstić information content (AvgIpc) is 2.96. The fourth-order valence-electron chi connectivity index (χ4n) is 1.92. The molecule has 114 valence electrons. The SMILES string of the molecule is CC(C)n1cnc(S(=O)(=O)N(CCO)c2ccccc2)c1. The first-order chi connectivity index (χ1) is 9.96. The molecule has 0 aliphatic heterocycles. The van der Waals surface area contributed by atoms with Crippen LogP contribution in [0.5, 0.6) is 0 Å². The zero-order valence-electron chi connectivity index (χ0n) is 12.0. The molecule has 2 rings (SSSR count). The van der Waals surface area contributed by atoms with Crippen molar-refractivity contribution < 1.29 is 13.5 Å². The van der Waals surface area contributed by atoms with Crippen LogP contribution in [0, 0.1) is 0 Å². The lowest BCUT2D eigenvalue weighted by Crippen LogP contribution is -2.33. The molecule has 0 unspecified atom stereocenters. The molecule has 0 fully saturated rings. The van der Waals surface area contributed by atoms with E-state index in [1.165, 1.54) is 16.8 Å². The summed E-state index contributed by atoms with van der Waals surface area (Å²) in [5.74, 6) is 0. The van der Waals surface area contributed by atoms with Crippen LogP contribution in [-0.4, -0.2) is 36.2 Å². The Labute approximate surface area is 124 Å². The number of anilines is 1. The van der Waals surface area contributed by atoms with Crippen LogP contribution in [-0.2, 0) is 10.0 Å². The minimum absolute atomic E-state index is 0.0130. The van der Waals surface area contributed by atoms with Gasteiger partial charge in [-0.05, 0) is 26.0 Å². The van der Waals surface area contributed by atoms with Gasteiger partial charge in [0.05, 0.1) is 25.2 Å². The van der Waals surface area contributed by atoms with Gasteiger partial charge in [0.15, 0.2) is 5.03 Å². The summed E-state index contributed by atoms with van der Waals surface area (Å²) in [6.07, 6.45) is 3.01. The smallest absolute Gasteiger partial charge is 0.283 e. The number of aliphatic hydroxyl groups is 1. The van der Waals surface area contributed by atoms with Gasteiger partial charge in [0, 0.05) is 12.2 Å². The Hall–Kier alpha value is -1.86. The second-order valence-corrected chi connectivity index (χ2v) is 6.70. The van der Waals surface area contributed by atoms with E-state index in [0.29, 0.717) is 5.69 Å². The second kappa shape index (κ2) is 6.28. The molecule has 0 aliphatic rings. The predicted molar refractivity (Wildman–Crippen MR) is 80.7 cm³/mol. The molecule has 0 saturated heterocycles. The molecule has 1 aromatic heterocycles. The largest absolute Gasteiger partial charge is 0.394 e. The molecule has 0 radical (unpaired) electrons. The quantitative estimate of drug-likeness (QED) is 0.880. The molecule has 0 spiro atoms. The van der Waals surface area contributed by atoms with Crippen molar-refractivity contribution in [3.63, 3.8) is 0 Å². The molecule has 0 bridgehead atoms. The number of benzene rings is 1. The van der Waals surface area contributed by atoms with Crippen LogP contribution in [0.1, 0.15) is 19.9 Å². The van der Waals surface area contributed by atoms with E-state index in [4.69, 9.17) is 5.11 Å². The standard InChI is InChI=1S/C14H19N3O3S/c1-12(2)16-10-14(15-11-16)21(19,20)17(8-9-18)13-6-4-3-5-7-13/h3-7,10-12,18H,8-9H2,1-2H3. The Morgan fingerprint density at radius 1 is 1.29 bits per heavy atom. The molecule has 7 heteroatoms. The molecule has 21 heavy (non-hydrogen) atoms. The Balaban J connectivity index is 2.42. The van der Waals surface area contributed by atoms with Gasteiger partial charge in [-0.2, -0.15) is 8.42 Å². The number of hydrogen-bond donors (Lipinski definition) is 1. The number of para-hydroxylation sites is 1. The van der Waals surface area contributed by atoms with Crippen molar-refractivity contribution >= 4 is 15.7 Å². The van der Waals surface area contributed by atoms with Gasteiger partial charge < -0.3 is 9.67 Å². The summed E-state index contributed by atoms with van der Waals surface area (Å²) in [5, 5.41) is 9.15. The van der Waals surface area contributed by atoms with Crippen LogP contribution < -0.4 is 4.31 Å². The van der Waals surface area contributed by atoms with Crippen LogP contribution in [0.15, 0.2) is 47.9 Å². The highest BCUT2D eigenvalue weighted by molar-refractivity contribution is 7.92. The molecule has 0 aliphatic carbocycles. The molecular formula is C14H19N3O3S. The number of aromatic nitrogens is 2. The van der Waals surface area contributed by atoms with Gasteiger partial charge in [-0.15, -0.1) is 0 Å². The van der Waals surface area contributed by atoms with Crippen molar-refractivity contribution in [3.8, 4) is 0 Å². The number of rotatable bonds is 6. The van der Waals surface area contributed by atoms with E-state index in [2.05, 4.69) is 4.98 Å². The number of nitrogens with zero attached hydrogens (tertiary/aromatic N) is 3. The first-order valence-electron chi connectivity index (χ1n) is 6.69. The normalized spacial score (nSPS) is 11.8. The zero-order valence-corrected chi connectivity index (χ0v) is 12.9. The first-order valence-corrected chi connectivity index (χ1v) is 8.13. The molecule has 6 nitrogen and oxygen atoms in total. The van der Waals surface area contributed by atoms with Crippen molar-refractivity contribution in [2.24, 2.45) is 0 Å². The summed E-state index contributed by atoms with van der Waals surface area (Å²) in [7, 11) is -3.79. The lowest BCUT2D eigenvalue weighted by molar-refractivity contribution is 0.306. The molecule has 0 atom stereocenters. The van der Waals surface area contributed by atoms with E-state index < -0.39 is 10.0 Å². The highest BCUT2D eigenvalue weighted by Gasteiger charge is 2.27. The van der Waals surface area contributed by atoms with E-state index in [9.17, 15) is 8.42 Å². The molecule has 1 aromatic carbocycles. The summed E-state index contributed by atoms with van der Waals surface area (Å²) in [4.78, 5) is 3.99. The van der Waals surface area contributed by atoms with E-state index in [1.54, 1.807) is 34.9 Å². The van der Waals surface area contributed by atoms with E-state index in [1.807, 2.05) is 13.8 Å². The fraction of sp³-hybridized carbons (Fsp3) is 0.357. The molecule has 1 N–H and O–H groups in total. The van der Waals surface area contributed by atoms with Crippen molar-refractivity contribution in [3.05, 3.63) is 42.9 Å². The summed E-state index contributed by atoms with van der Waals surface area (Å²) in [6.45, 7) is 3.61. The monoisotopic (exact) mass is 309 g/mol. The van der Waals surface area contributed by atoms with Crippen molar-refractivity contribution in [2.75, 3.05) is 17.5 Å². The van der Waals surface area contributed by atoms with Gasteiger partial charge in [0.1, 0.15) is 0 Å². The van der Waals surface area contributed by atoms with Gasteiger partial charge in [-0.25, -0.2) is 4.98 Å². The zero-order chi connectivity index (χ0) is 15.5. The van der Waals surface area contributed by atoms with Crippen LogP contribution >= 0.6 is 0 Å². The number of aliphatic hydroxyl groups excluding tert-OH is 1. The van der Waals surface area contributed by atoms with E-state index in [0.717, 1.165) is 0 Å². The summed E-state index contributed by atoms with van der Waals surface area (Å²) >= 11 is 0. The summed E-state index contributed by atoms with van der Waals surface area (Å²) < 4.78 is 28.3. The maximum Gasteiger partial charge on any atom is 0.283 e. The molecule has 0 saturated carbocycles. The number of sulfonamides is 1. The summed E-state index contributed by atoms with van der Waals surface area (Å²) in [6, 6.07) is 8.81. The third-order valence-electron chi connectivity index (χ3n) is 3.08. The third kappa shape index (κ3) is 3.25. The Morgan fingerprint density at radius 2 is 1.95 bits per heavy atom. The van der Waals surface area contributed by atoms with E-state index in [-0.39, 0.29) is 24.2 Å². The second-order valence-electron chi connectivity index (χ2n) is 4.89. The van der Waals surface area contributed by atoms with Crippen LogP contribution in [0.25, 0.3) is 0 Å². The van der Waals surface area contributed by atoms with Crippen LogP contribution in [0.3, 0.4) is 0 Å². The number of imidazole rings is 1. The first kappa shape index (κ1) is 15.5. The Kier molecular flexibility index (Phi) is 4.64. The van der Waals surface area contributed by atoms with Gasteiger partial charge >= 0.3 is 0 Å². The maximum atomic E-state index is 12.7. The lowest BCUT2D eigenvalue weighted by atomic mass is 10.3. The molecule has 1 heterocycles. The van der Waals surface area contributed by atoms with Gasteiger partial charge in [0.25, 0.3) is 10.0 Å². The van der Waals surface area contributed by atoms with E-state index >= 15 is 0 Å². The highest BCUT2D eigenvalue weighted by Crippen LogP contribution is 2.22. The van der Waals surface area contributed by atoms with Gasteiger partial charge in [-0.1, -0.05) is 18.2 Å². The lowest BCUT2D eigenvalue weighted by Gasteiger charge is -2.22. The number of hydrogen-bond acceptors (Lipinski definition) is 4. The topological polar surface area (TPSA) is 75.4 Å². The maximum absolute atomic E-state index is 12.7. The minimum Gasteiger partial charge on any atom is -0.394 e. The highest BCUT2D eigenvalue weighted by atomic mass is 32.2. The average molecular weight is 309 g/mol. The van der Waals surface area contributed by atoms with Crippen molar-refractivity contribution in [1.82, 2.24) is 9.55 Å². The predicted octanol–water partition coefficient (Wildman–Crippen LogP) is 1.65.